The van der Waals surface area contributed by atoms with Gasteiger partial charge in [-0.15, -0.1) is 23.4 Å². The number of amides is 1. The van der Waals surface area contributed by atoms with Crippen LogP contribution in [0, 0.1) is 21.8 Å². The number of nitro benzene ring substituents is 1. The lowest BCUT2D eigenvalue weighted by Crippen LogP contribution is -2.31. The van der Waals surface area contributed by atoms with Gasteiger partial charge < -0.3 is 10.6 Å². The van der Waals surface area contributed by atoms with Gasteiger partial charge in [0.05, 0.1) is 21.2 Å². The number of benzene rings is 3. The third kappa shape index (κ3) is 4.48. The normalized spacial score (nSPS) is 24.7. The number of hydrogen-bond donors (Lipinski definition) is 2. The van der Waals surface area contributed by atoms with E-state index in [-0.39, 0.29) is 50.8 Å². The molecule has 35 heavy (non-hydrogen) atoms. The second-order valence-corrected chi connectivity index (χ2v) is 10.7. The average molecular weight is 512 g/mol. The number of thioether (sulfide) groups is 1. The van der Waals surface area contributed by atoms with Crippen molar-refractivity contribution >= 4 is 46.3 Å². The lowest BCUT2D eigenvalue weighted by atomic mass is 9.77. The molecule has 1 saturated carbocycles. The van der Waals surface area contributed by atoms with Gasteiger partial charge in [-0.3, -0.25) is 14.9 Å². The van der Waals surface area contributed by atoms with Gasteiger partial charge in [0.1, 0.15) is 5.82 Å². The smallest absolute Gasteiger partial charge is 0.282 e. The molecule has 1 amide bonds. The Morgan fingerprint density at radius 2 is 1.89 bits per heavy atom. The van der Waals surface area contributed by atoms with Crippen LogP contribution in [0.3, 0.4) is 0 Å². The fourth-order valence-electron chi connectivity index (χ4n) is 5.30. The van der Waals surface area contributed by atoms with Crippen molar-refractivity contribution in [2.75, 3.05) is 10.6 Å². The summed E-state index contributed by atoms with van der Waals surface area (Å²) >= 11 is 8.52. The molecule has 180 valence electrons. The summed E-state index contributed by atoms with van der Waals surface area (Å²) in [6.45, 7) is 1.45. The van der Waals surface area contributed by atoms with E-state index in [0.717, 1.165) is 11.3 Å². The highest BCUT2D eigenvalue weighted by Gasteiger charge is 2.50. The quantitative estimate of drug-likeness (QED) is 0.225. The molecule has 0 spiro atoms. The van der Waals surface area contributed by atoms with Crippen molar-refractivity contribution in [3.63, 3.8) is 0 Å². The number of fused-ring (bicyclic) bond motifs is 3. The van der Waals surface area contributed by atoms with E-state index in [1.165, 1.54) is 30.8 Å². The Balaban J connectivity index is 1.56. The van der Waals surface area contributed by atoms with Crippen LogP contribution in [0.5, 0.6) is 0 Å². The molecule has 1 heterocycles. The monoisotopic (exact) mass is 511 g/mol. The van der Waals surface area contributed by atoms with Crippen LogP contribution in [0.25, 0.3) is 0 Å². The van der Waals surface area contributed by atoms with Crippen molar-refractivity contribution in [2.24, 2.45) is 5.92 Å². The third-order valence-electron chi connectivity index (χ3n) is 6.71. The van der Waals surface area contributed by atoms with Crippen LogP contribution >= 0.6 is 23.4 Å². The molecule has 2 aliphatic rings. The number of alkyl halides is 1. The largest absolute Gasteiger partial charge is 0.378 e. The van der Waals surface area contributed by atoms with Crippen LogP contribution in [0.2, 0.25) is 0 Å². The molecule has 5 atom stereocenters. The molecule has 0 saturated heterocycles. The van der Waals surface area contributed by atoms with Crippen LogP contribution in [0.4, 0.5) is 21.5 Å². The first-order chi connectivity index (χ1) is 16.8. The van der Waals surface area contributed by atoms with Crippen molar-refractivity contribution in [1.29, 1.82) is 0 Å². The summed E-state index contributed by atoms with van der Waals surface area (Å²) in [4.78, 5) is 23.4. The minimum Gasteiger partial charge on any atom is -0.378 e. The number of nitrogens with one attached hydrogen (secondary N) is 2. The Morgan fingerprint density at radius 3 is 2.63 bits per heavy atom. The third-order valence-corrected chi connectivity index (χ3v) is 8.83. The number of para-hydroxylation sites is 1. The Hall–Kier alpha value is -3.10. The van der Waals surface area contributed by atoms with Gasteiger partial charge in [-0.05, 0) is 48.2 Å². The van der Waals surface area contributed by atoms with E-state index >= 15 is 0 Å². The summed E-state index contributed by atoms with van der Waals surface area (Å²) in [5, 5.41) is 17.4. The number of hydrogen-bond acceptors (Lipinski definition) is 5. The number of anilines is 2. The maximum absolute atomic E-state index is 14.9. The van der Waals surface area contributed by atoms with Crippen LogP contribution in [-0.2, 0) is 4.79 Å². The summed E-state index contributed by atoms with van der Waals surface area (Å²) < 4.78 is 14.9. The lowest BCUT2D eigenvalue weighted by Gasteiger charge is -2.38. The molecule has 2 N–H and O–H groups in total. The first-order valence-corrected chi connectivity index (χ1v) is 12.6. The molecular formula is C26H23ClFN3O3S. The summed E-state index contributed by atoms with van der Waals surface area (Å²) in [5.74, 6) is -0.641. The van der Waals surface area contributed by atoms with E-state index in [0.29, 0.717) is 22.6 Å². The van der Waals surface area contributed by atoms with Gasteiger partial charge >= 0.3 is 0 Å². The topological polar surface area (TPSA) is 84.3 Å². The predicted molar refractivity (Wildman–Crippen MR) is 137 cm³/mol. The number of halogens is 2. The Labute approximate surface area is 211 Å². The zero-order valence-corrected chi connectivity index (χ0v) is 20.4. The number of carbonyl (C=O) groups excluding carboxylic acids is 1. The Bertz CT molecular complexity index is 1310. The van der Waals surface area contributed by atoms with Gasteiger partial charge in [0.15, 0.2) is 0 Å². The Morgan fingerprint density at radius 1 is 1.14 bits per heavy atom. The highest BCUT2D eigenvalue weighted by atomic mass is 35.5. The van der Waals surface area contributed by atoms with E-state index in [9.17, 15) is 19.3 Å². The second kappa shape index (κ2) is 9.51. The van der Waals surface area contributed by atoms with Gasteiger partial charge in [0, 0.05) is 41.1 Å². The number of nitrogens with zero attached hydrogens (tertiary/aromatic N) is 1. The molecule has 1 aliphatic carbocycles. The minimum absolute atomic E-state index is 0.0465. The SMILES string of the molecule is CC(=O)Nc1ccc2c(c1)[C@H]1[C@@H](Cl)[C@@H](Sc3ccccc3[N+](=O)[O-])C[C@@H]1[C@H](c1ccccc1F)N2. The summed E-state index contributed by atoms with van der Waals surface area (Å²) in [5.41, 5.74) is 3.09. The van der Waals surface area contributed by atoms with Gasteiger partial charge in [0.2, 0.25) is 5.91 Å². The fourth-order valence-corrected chi connectivity index (χ4v) is 7.25. The summed E-state index contributed by atoms with van der Waals surface area (Å²) in [6, 6.07) is 18.7. The zero-order chi connectivity index (χ0) is 24.7. The van der Waals surface area contributed by atoms with Crippen molar-refractivity contribution in [3.8, 4) is 0 Å². The molecule has 1 fully saturated rings. The van der Waals surface area contributed by atoms with Crippen LogP contribution < -0.4 is 10.6 Å². The van der Waals surface area contributed by atoms with Gasteiger partial charge in [-0.2, -0.15) is 0 Å². The molecule has 1 aliphatic heterocycles. The minimum atomic E-state index is -0.383. The molecule has 3 aromatic rings. The van der Waals surface area contributed by atoms with Crippen molar-refractivity contribution in [3.05, 3.63) is 93.8 Å². The van der Waals surface area contributed by atoms with Crippen molar-refractivity contribution in [1.82, 2.24) is 0 Å². The van der Waals surface area contributed by atoms with Gasteiger partial charge in [-0.25, -0.2) is 4.39 Å². The number of carbonyl (C=O) groups is 1. The molecule has 0 bridgehead atoms. The molecule has 0 aromatic heterocycles. The second-order valence-electron chi connectivity index (χ2n) is 8.88. The molecule has 9 heteroatoms. The highest BCUT2D eigenvalue weighted by molar-refractivity contribution is 8.00. The molecule has 0 unspecified atom stereocenters. The molecule has 5 rings (SSSR count). The van der Waals surface area contributed by atoms with Crippen LogP contribution in [0.1, 0.15) is 36.4 Å². The fraction of sp³-hybridized carbons (Fsp3) is 0.269. The lowest BCUT2D eigenvalue weighted by molar-refractivity contribution is -0.387. The van der Waals surface area contributed by atoms with Crippen LogP contribution in [-0.4, -0.2) is 21.5 Å². The molecule has 0 radical (unpaired) electrons. The van der Waals surface area contributed by atoms with Crippen molar-refractivity contribution in [2.45, 2.75) is 40.8 Å². The molecule has 6 nitrogen and oxygen atoms in total. The molecule has 3 aromatic carbocycles. The maximum atomic E-state index is 14.9. The van der Waals surface area contributed by atoms with E-state index in [1.54, 1.807) is 30.3 Å². The van der Waals surface area contributed by atoms with E-state index in [4.69, 9.17) is 11.6 Å². The maximum Gasteiger partial charge on any atom is 0.282 e. The summed E-state index contributed by atoms with van der Waals surface area (Å²) in [7, 11) is 0. The first kappa shape index (κ1) is 23.6. The Kier molecular flexibility index (Phi) is 6.42. The molecular weight excluding hydrogens is 489 g/mol. The predicted octanol–water partition coefficient (Wildman–Crippen LogP) is 6.73. The van der Waals surface area contributed by atoms with E-state index < -0.39 is 0 Å². The standard InChI is InChI=1S/C26H23ClFN3O3S/c1-14(32)29-15-10-11-20-17(12-15)24-18(26(30-20)16-6-2-3-7-19(16)28)13-23(25(24)27)35-22-9-5-4-8-21(22)31(33)34/h2-12,18,23-26,30H,13H2,1H3,(H,29,32)/t18-,23-,24+,25-,26-/m0/s1. The van der Waals surface area contributed by atoms with Crippen molar-refractivity contribution < 1.29 is 14.1 Å². The van der Waals surface area contributed by atoms with Gasteiger partial charge in [-0.1, -0.05) is 30.3 Å². The highest BCUT2D eigenvalue weighted by Crippen LogP contribution is 2.58. The van der Waals surface area contributed by atoms with Crippen LogP contribution in [0.15, 0.2) is 71.6 Å². The van der Waals surface area contributed by atoms with E-state index in [1.807, 2.05) is 24.3 Å². The number of rotatable bonds is 5. The van der Waals surface area contributed by atoms with Gasteiger partial charge in [0.25, 0.3) is 5.69 Å². The average Bonchev–Trinajstić information content (AvgIpc) is 3.15. The van der Waals surface area contributed by atoms with E-state index in [2.05, 4.69) is 10.6 Å². The number of nitro groups is 1. The first-order valence-electron chi connectivity index (χ1n) is 11.3. The zero-order valence-electron chi connectivity index (χ0n) is 18.8. The summed E-state index contributed by atoms with van der Waals surface area (Å²) in [6.07, 6.45) is 0.644.